The number of hydrogen-bond acceptors (Lipinski definition) is 4. The van der Waals surface area contributed by atoms with Crippen molar-refractivity contribution in [2.75, 3.05) is 0 Å². The first kappa shape index (κ1) is 39.8. The third-order valence-electron chi connectivity index (χ3n) is 11.4. The molecular formula is C56H42IrN2O2-2. The molecule has 0 atom stereocenters. The SMILES string of the molecule is CC(C)c1cc(-c2ccccc2)cc(C(C)C)c1-c1cccc2nc(-c3[c-]ccc4c3oc3c4ccc4ccc5ccccc5c43)oc12.[Ir].[c-]1ccccc1-c1ccccn1. The van der Waals surface area contributed by atoms with Crippen LogP contribution in [0.4, 0.5) is 0 Å². The van der Waals surface area contributed by atoms with E-state index in [-0.39, 0.29) is 20.1 Å². The molecule has 3 heterocycles. The van der Waals surface area contributed by atoms with Gasteiger partial charge in [0.15, 0.2) is 0 Å². The fraction of sp³-hybridized carbons (Fsp3) is 0.107. The topological polar surface area (TPSA) is 52.1 Å². The van der Waals surface area contributed by atoms with E-state index in [9.17, 15) is 0 Å². The monoisotopic (exact) mass is 967 g/mol. The second-order valence-electron chi connectivity index (χ2n) is 15.9. The van der Waals surface area contributed by atoms with Gasteiger partial charge in [0.25, 0.3) is 0 Å². The van der Waals surface area contributed by atoms with Crippen molar-refractivity contribution in [1.29, 1.82) is 0 Å². The minimum absolute atomic E-state index is 0. The van der Waals surface area contributed by atoms with Crippen LogP contribution in [0.2, 0.25) is 0 Å². The molecule has 0 aliphatic carbocycles. The molecule has 4 nitrogen and oxygen atoms in total. The van der Waals surface area contributed by atoms with E-state index >= 15 is 0 Å². The van der Waals surface area contributed by atoms with E-state index in [1.165, 1.54) is 38.6 Å². The largest absolute Gasteiger partial charge is 0.500 e. The maximum absolute atomic E-state index is 6.80. The van der Waals surface area contributed by atoms with E-state index in [1.54, 1.807) is 6.20 Å². The van der Waals surface area contributed by atoms with Gasteiger partial charge in [0.05, 0.1) is 11.1 Å². The van der Waals surface area contributed by atoms with Crippen molar-refractivity contribution in [1.82, 2.24) is 9.97 Å². The average Bonchev–Trinajstić information content (AvgIpc) is 3.92. The van der Waals surface area contributed by atoms with Gasteiger partial charge >= 0.3 is 0 Å². The van der Waals surface area contributed by atoms with Crippen molar-refractivity contribution in [2.24, 2.45) is 0 Å². The van der Waals surface area contributed by atoms with Crippen molar-refractivity contribution >= 4 is 54.6 Å². The predicted molar refractivity (Wildman–Crippen MR) is 248 cm³/mol. The molecule has 11 rings (SSSR count). The Bertz CT molecular complexity index is 3250. The number of aromatic nitrogens is 2. The zero-order valence-corrected chi connectivity index (χ0v) is 36.8. The van der Waals surface area contributed by atoms with Gasteiger partial charge in [-0.3, -0.25) is 4.98 Å². The Morgan fingerprint density at radius 3 is 2.00 bits per heavy atom. The summed E-state index contributed by atoms with van der Waals surface area (Å²) in [5, 5.41) is 6.73. The van der Waals surface area contributed by atoms with E-state index in [1.807, 2.05) is 54.6 Å². The fourth-order valence-electron chi connectivity index (χ4n) is 8.48. The van der Waals surface area contributed by atoms with E-state index in [4.69, 9.17) is 13.8 Å². The van der Waals surface area contributed by atoms with Crippen LogP contribution in [0.3, 0.4) is 0 Å². The third kappa shape index (κ3) is 7.35. The number of furan rings is 1. The quantitative estimate of drug-likeness (QED) is 0.123. The van der Waals surface area contributed by atoms with Crippen LogP contribution in [-0.4, -0.2) is 9.97 Å². The van der Waals surface area contributed by atoms with Gasteiger partial charge in [0.1, 0.15) is 17.1 Å². The summed E-state index contributed by atoms with van der Waals surface area (Å²) < 4.78 is 13.6. The first-order valence-electron chi connectivity index (χ1n) is 20.6. The van der Waals surface area contributed by atoms with Gasteiger partial charge in [-0.05, 0) is 79.2 Å². The Labute approximate surface area is 369 Å². The minimum atomic E-state index is 0. The molecule has 5 heteroatoms. The van der Waals surface area contributed by atoms with Gasteiger partial charge in [-0.1, -0.05) is 148 Å². The van der Waals surface area contributed by atoms with E-state index in [0.29, 0.717) is 17.7 Å². The van der Waals surface area contributed by atoms with Gasteiger partial charge in [0.2, 0.25) is 0 Å². The zero-order chi connectivity index (χ0) is 40.7. The summed E-state index contributed by atoms with van der Waals surface area (Å²) in [6.07, 6.45) is 1.79. The van der Waals surface area contributed by atoms with Crippen LogP contribution in [0.15, 0.2) is 179 Å². The molecule has 61 heavy (non-hydrogen) atoms. The molecule has 1 radical (unpaired) electrons. The minimum Gasteiger partial charge on any atom is -0.500 e. The van der Waals surface area contributed by atoms with Gasteiger partial charge in [0, 0.05) is 42.6 Å². The molecule has 0 N–H and O–H groups in total. The zero-order valence-electron chi connectivity index (χ0n) is 34.4. The Morgan fingerprint density at radius 1 is 0.525 bits per heavy atom. The molecule has 3 aromatic heterocycles. The number of oxazole rings is 1. The summed E-state index contributed by atoms with van der Waals surface area (Å²) in [6, 6.07) is 63.1. The van der Waals surface area contributed by atoms with Crippen molar-refractivity contribution < 1.29 is 28.9 Å². The van der Waals surface area contributed by atoms with Gasteiger partial charge < -0.3 is 13.8 Å². The summed E-state index contributed by atoms with van der Waals surface area (Å²) in [6.45, 7) is 9.09. The third-order valence-corrected chi connectivity index (χ3v) is 11.4. The number of hydrogen-bond donors (Lipinski definition) is 0. The van der Waals surface area contributed by atoms with E-state index < -0.39 is 0 Å². The summed E-state index contributed by atoms with van der Waals surface area (Å²) in [7, 11) is 0. The summed E-state index contributed by atoms with van der Waals surface area (Å²) in [4.78, 5) is 9.28. The van der Waals surface area contributed by atoms with Crippen LogP contribution in [0, 0.1) is 12.1 Å². The molecule has 0 bridgehead atoms. The van der Waals surface area contributed by atoms with Crippen LogP contribution in [0.1, 0.15) is 50.7 Å². The molecule has 0 saturated carbocycles. The second-order valence-corrected chi connectivity index (χ2v) is 15.9. The number of fused-ring (bicyclic) bond motifs is 8. The first-order chi connectivity index (χ1) is 29.4. The van der Waals surface area contributed by atoms with Crippen LogP contribution >= 0.6 is 0 Å². The normalized spacial score (nSPS) is 11.4. The molecule has 0 amide bonds. The molecule has 0 aliphatic rings. The molecule has 0 aliphatic heterocycles. The number of nitrogens with zero attached hydrogens (tertiary/aromatic N) is 2. The second kappa shape index (κ2) is 16.8. The van der Waals surface area contributed by atoms with Gasteiger partial charge in [-0.25, -0.2) is 0 Å². The number of pyridine rings is 1. The smallest absolute Gasteiger partial charge is 0.149 e. The Kier molecular flexibility index (Phi) is 10.9. The van der Waals surface area contributed by atoms with Crippen LogP contribution in [0.25, 0.3) is 99.5 Å². The Balaban J connectivity index is 0.000000316. The number of rotatable bonds is 6. The standard InChI is InChI=1S/C45H34NO2.C11H8N.Ir/c1-26(2)37-24-31(28-12-6-5-7-13-28)25-38(27(3)4)41(37)35-17-11-19-39-43(35)48-45(46-39)36-18-10-16-33-34-23-22-30-21-20-29-14-8-9-15-32(29)40(30)44(34)47-42(33)36;1-2-6-10(7-3-1)11-8-4-5-9-12-11;/h5-17,19-27H,1-4H3;1-6,8-9H;/q2*-1;. The molecule has 11 aromatic rings. The van der Waals surface area contributed by atoms with E-state index in [2.05, 4.69) is 154 Å². The summed E-state index contributed by atoms with van der Waals surface area (Å²) >= 11 is 0. The van der Waals surface area contributed by atoms with E-state index in [0.717, 1.165) is 66.2 Å². The van der Waals surface area contributed by atoms with Crippen molar-refractivity contribution in [2.45, 2.75) is 39.5 Å². The maximum Gasteiger partial charge on any atom is 0.149 e. The molecule has 0 unspecified atom stereocenters. The van der Waals surface area contributed by atoms with Crippen LogP contribution < -0.4 is 0 Å². The van der Waals surface area contributed by atoms with Crippen LogP contribution in [0.5, 0.6) is 0 Å². The molecule has 299 valence electrons. The number of benzene rings is 8. The van der Waals surface area contributed by atoms with Crippen LogP contribution in [-0.2, 0) is 20.1 Å². The molecule has 8 aromatic carbocycles. The first-order valence-corrected chi connectivity index (χ1v) is 20.6. The van der Waals surface area contributed by atoms with Gasteiger partial charge in [-0.2, -0.15) is 0 Å². The fourth-order valence-corrected chi connectivity index (χ4v) is 8.48. The Morgan fingerprint density at radius 2 is 1.25 bits per heavy atom. The summed E-state index contributed by atoms with van der Waals surface area (Å²) in [5.41, 5.74) is 13.3. The van der Waals surface area contributed by atoms with Crippen molar-refractivity contribution in [3.8, 4) is 45.0 Å². The Hall–Kier alpha value is -6.65. The van der Waals surface area contributed by atoms with Gasteiger partial charge in [-0.15, -0.1) is 54.1 Å². The summed E-state index contributed by atoms with van der Waals surface area (Å²) in [5.74, 6) is 1.12. The molecule has 0 saturated heterocycles. The predicted octanol–water partition coefficient (Wildman–Crippen LogP) is 15.6. The number of para-hydroxylation sites is 1. The molecular weight excluding hydrogens is 925 g/mol. The average molecular weight is 967 g/mol. The maximum atomic E-state index is 6.80. The molecule has 0 spiro atoms. The van der Waals surface area contributed by atoms with Crippen molar-refractivity contribution in [3.63, 3.8) is 0 Å². The van der Waals surface area contributed by atoms with Crippen molar-refractivity contribution in [3.05, 3.63) is 193 Å². The molecule has 0 fully saturated rings.